The number of amides is 1. The van der Waals surface area contributed by atoms with Gasteiger partial charge in [0, 0.05) is 5.56 Å². The molecule has 2 heterocycles. The minimum Gasteiger partial charge on any atom is -0.494 e. The summed E-state index contributed by atoms with van der Waals surface area (Å²) in [4.78, 5) is 12.5. The maximum Gasteiger partial charge on any atom is 0.235 e. The number of thiophene rings is 1. The van der Waals surface area contributed by atoms with Crippen LogP contribution in [-0.2, 0) is 4.79 Å². The van der Waals surface area contributed by atoms with E-state index in [1.807, 2.05) is 37.3 Å². The van der Waals surface area contributed by atoms with Gasteiger partial charge in [-0.2, -0.15) is 5.26 Å². The number of anilines is 1. The van der Waals surface area contributed by atoms with Gasteiger partial charge in [0.15, 0.2) is 11.0 Å². The molecule has 1 amide bonds. The van der Waals surface area contributed by atoms with Crippen molar-refractivity contribution >= 4 is 34.0 Å². The molecule has 0 saturated heterocycles. The van der Waals surface area contributed by atoms with E-state index in [-0.39, 0.29) is 17.3 Å². The molecule has 33 heavy (non-hydrogen) atoms. The van der Waals surface area contributed by atoms with Gasteiger partial charge in [-0.05, 0) is 54.8 Å². The van der Waals surface area contributed by atoms with E-state index in [0.717, 1.165) is 23.1 Å². The van der Waals surface area contributed by atoms with Gasteiger partial charge in [0.1, 0.15) is 22.6 Å². The van der Waals surface area contributed by atoms with Crippen LogP contribution in [0.25, 0.3) is 17.1 Å². The molecule has 0 unspecified atom stereocenters. The monoisotopic (exact) mass is 479 g/mol. The minimum absolute atomic E-state index is 0.0125. The van der Waals surface area contributed by atoms with Crippen molar-refractivity contribution in [3.63, 3.8) is 0 Å². The number of halogens is 1. The molecule has 2 aromatic heterocycles. The molecular weight excluding hydrogens is 461 g/mol. The number of rotatable bonds is 8. The molecule has 10 heteroatoms. The lowest BCUT2D eigenvalue weighted by atomic mass is 10.2. The first kappa shape index (κ1) is 22.5. The Bertz CT molecular complexity index is 1310. The third kappa shape index (κ3) is 5.05. The second-order valence-electron chi connectivity index (χ2n) is 6.66. The number of para-hydroxylation sites is 1. The average Bonchev–Trinajstić information content (AvgIpc) is 3.45. The molecule has 0 bridgehead atoms. The van der Waals surface area contributed by atoms with E-state index in [2.05, 4.69) is 15.5 Å². The molecule has 0 aliphatic heterocycles. The predicted octanol–water partition coefficient (Wildman–Crippen LogP) is 5.14. The largest absolute Gasteiger partial charge is 0.494 e. The highest BCUT2D eigenvalue weighted by Gasteiger charge is 2.20. The summed E-state index contributed by atoms with van der Waals surface area (Å²) < 4.78 is 21.8. The lowest BCUT2D eigenvalue weighted by Gasteiger charge is -2.11. The molecule has 4 aromatic rings. The third-order valence-corrected chi connectivity index (χ3v) is 6.28. The molecule has 0 atom stereocenters. The summed E-state index contributed by atoms with van der Waals surface area (Å²) in [5.41, 5.74) is 1.41. The van der Waals surface area contributed by atoms with Crippen molar-refractivity contribution < 1.29 is 13.9 Å². The van der Waals surface area contributed by atoms with Crippen LogP contribution in [0.1, 0.15) is 12.5 Å². The molecule has 0 aliphatic carbocycles. The highest BCUT2D eigenvalue weighted by atomic mass is 32.2. The summed E-state index contributed by atoms with van der Waals surface area (Å²) in [5, 5.41) is 22.9. The van der Waals surface area contributed by atoms with Crippen LogP contribution >= 0.6 is 23.1 Å². The van der Waals surface area contributed by atoms with E-state index in [4.69, 9.17) is 10.00 Å². The van der Waals surface area contributed by atoms with Crippen molar-refractivity contribution in [2.75, 3.05) is 17.7 Å². The average molecular weight is 480 g/mol. The van der Waals surface area contributed by atoms with Crippen LogP contribution in [0.5, 0.6) is 5.75 Å². The van der Waals surface area contributed by atoms with Gasteiger partial charge in [-0.15, -0.1) is 21.5 Å². The summed E-state index contributed by atoms with van der Waals surface area (Å²) in [5.74, 6) is 0.432. The number of nitriles is 1. The van der Waals surface area contributed by atoms with Crippen molar-refractivity contribution in [3.05, 3.63) is 71.4 Å². The van der Waals surface area contributed by atoms with E-state index in [9.17, 15) is 9.18 Å². The number of carbonyl (C=O) groups excluding carboxylic acids is 1. The summed E-state index contributed by atoms with van der Waals surface area (Å²) >= 11 is 2.40. The van der Waals surface area contributed by atoms with E-state index >= 15 is 0 Å². The molecular formula is C23H18FN5O2S2. The predicted molar refractivity (Wildman–Crippen MR) is 126 cm³/mol. The fraction of sp³-hybridized carbons (Fsp3) is 0.130. The van der Waals surface area contributed by atoms with Crippen molar-refractivity contribution in [3.8, 4) is 28.9 Å². The van der Waals surface area contributed by atoms with Crippen molar-refractivity contribution in [1.82, 2.24) is 14.8 Å². The first-order chi connectivity index (χ1) is 16.1. The molecule has 0 saturated carbocycles. The first-order valence-electron chi connectivity index (χ1n) is 9.94. The zero-order valence-electron chi connectivity index (χ0n) is 17.5. The number of carbonyl (C=O) groups is 1. The lowest BCUT2D eigenvalue weighted by molar-refractivity contribution is -0.113. The maximum absolute atomic E-state index is 14.7. The molecule has 0 radical (unpaired) electrons. The van der Waals surface area contributed by atoms with Crippen molar-refractivity contribution in [1.29, 1.82) is 5.26 Å². The van der Waals surface area contributed by atoms with Crippen LogP contribution in [0.15, 0.2) is 65.1 Å². The summed E-state index contributed by atoms with van der Waals surface area (Å²) in [7, 11) is 0. The molecule has 7 nitrogen and oxygen atoms in total. The molecule has 4 rings (SSSR count). The molecule has 0 fully saturated rings. The quantitative estimate of drug-likeness (QED) is 0.352. The topological polar surface area (TPSA) is 92.8 Å². The normalized spacial score (nSPS) is 10.6. The van der Waals surface area contributed by atoms with Gasteiger partial charge in [0.25, 0.3) is 0 Å². The van der Waals surface area contributed by atoms with E-state index in [1.54, 1.807) is 34.2 Å². The Kier molecular flexibility index (Phi) is 7.02. The Morgan fingerprint density at radius 2 is 2.00 bits per heavy atom. The Balaban J connectivity index is 1.62. The Hall–Kier alpha value is -3.68. The fourth-order valence-electron chi connectivity index (χ4n) is 3.05. The molecule has 2 aromatic carbocycles. The van der Waals surface area contributed by atoms with Crippen molar-refractivity contribution in [2.45, 2.75) is 12.1 Å². The van der Waals surface area contributed by atoms with Gasteiger partial charge in [-0.25, -0.2) is 4.39 Å². The van der Waals surface area contributed by atoms with Gasteiger partial charge in [0.2, 0.25) is 5.91 Å². The summed E-state index contributed by atoms with van der Waals surface area (Å²) in [6, 6.07) is 17.3. The Morgan fingerprint density at radius 3 is 2.73 bits per heavy atom. The van der Waals surface area contributed by atoms with Gasteiger partial charge < -0.3 is 10.1 Å². The summed E-state index contributed by atoms with van der Waals surface area (Å²) in [6.45, 7) is 2.46. The first-order valence-corrected chi connectivity index (χ1v) is 11.8. The van der Waals surface area contributed by atoms with Crippen LogP contribution in [0.2, 0.25) is 0 Å². The van der Waals surface area contributed by atoms with Gasteiger partial charge >= 0.3 is 0 Å². The van der Waals surface area contributed by atoms with E-state index in [0.29, 0.717) is 28.2 Å². The van der Waals surface area contributed by atoms with Crippen LogP contribution in [-0.4, -0.2) is 33.0 Å². The number of thioether (sulfide) groups is 1. The standard InChI is InChI=1S/C23H18FN5O2S2/c1-2-31-17-9-7-15(8-10-17)21-27-28-23(29(21)19-6-4-3-5-18(19)24)33-14-20(30)26-22-16(13-25)11-12-32-22/h3-12H,2,14H2,1H3,(H,26,30). The van der Waals surface area contributed by atoms with Gasteiger partial charge in [-0.1, -0.05) is 23.9 Å². The number of benzene rings is 2. The third-order valence-electron chi connectivity index (χ3n) is 4.52. The fourth-order valence-corrected chi connectivity index (χ4v) is 4.55. The number of aromatic nitrogens is 3. The van der Waals surface area contributed by atoms with Gasteiger partial charge in [-0.3, -0.25) is 9.36 Å². The van der Waals surface area contributed by atoms with Crippen LogP contribution in [0.4, 0.5) is 9.39 Å². The van der Waals surface area contributed by atoms with Crippen LogP contribution < -0.4 is 10.1 Å². The van der Waals surface area contributed by atoms with Crippen molar-refractivity contribution in [2.24, 2.45) is 0 Å². The highest BCUT2D eigenvalue weighted by molar-refractivity contribution is 7.99. The maximum atomic E-state index is 14.7. The number of hydrogen-bond acceptors (Lipinski definition) is 7. The Labute approximate surface area is 197 Å². The van der Waals surface area contributed by atoms with Crippen LogP contribution in [0, 0.1) is 17.1 Å². The zero-order chi connectivity index (χ0) is 23.2. The summed E-state index contributed by atoms with van der Waals surface area (Å²) in [6.07, 6.45) is 0. The second kappa shape index (κ2) is 10.3. The number of hydrogen-bond donors (Lipinski definition) is 1. The molecule has 0 spiro atoms. The van der Waals surface area contributed by atoms with Gasteiger partial charge in [0.05, 0.1) is 23.6 Å². The molecule has 166 valence electrons. The van der Waals surface area contributed by atoms with E-state index < -0.39 is 5.82 Å². The number of nitrogens with zero attached hydrogens (tertiary/aromatic N) is 4. The van der Waals surface area contributed by atoms with Crippen LogP contribution in [0.3, 0.4) is 0 Å². The second-order valence-corrected chi connectivity index (χ2v) is 8.52. The number of ether oxygens (including phenoxy) is 1. The Morgan fingerprint density at radius 1 is 1.21 bits per heavy atom. The number of nitrogens with one attached hydrogen (secondary N) is 1. The SMILES string of the molecule is CCOc1ccc(-c2nnc(SCC(=O)Nc3sccc3C#N)n2-c2ccccc2F)cc1. The molecule has 0 aliphatic rings. The molecule has 1 N–H and O–H groups in total. The highest BCUT2D eigenvalue weighted by Crippen LogP contribution is 2.30. The minimum atomic E-state index is -0.437. The zero-order valence-corrected chi connectivity index (χ0v) is 19.1. The smallest absolute Gasteiger partial charge is 0.235 e. The van der Waals surface area contributed by atoms with E-state index in [1.165, 1.54) is 17.4 Å². The lowest BCUT2D eigenvalue weighted by Crippen LogP contribution is -2.14.